The number of carbonyl (C=O) groups excluding carboxylic acids is 2. The zero-order valence-corrected chi connectivity index (χ0v) is 14.4. The van der Waals surface area contributed by atoms with Crippen LogP contribution in [0.15, 0.2) is 18.2 Å². The number of likely N-dealkylation sites (N-methyl/N-ethyl adjacent to an activating group) is 1. The molecule has 3 aliphatic rings. The van der Waals surface area contributed by atoms with Crippen molar-refractivity contribution >= 4 is 11.8 Å². The lowest BCUT2D eigenvalue weighted by molar-refractivity contribution is -0.159. The van der Waals surface area contributed by atoms with Gasteiger partial charge >= 0.3 is 0 Å². The van der Waals surface area contributed by atoms with Crippen molar-refractivity contribution in [3.63, 3.8) is 0 Å². The Morgan fingerprint density at radius 2 is 1.96 bits per heavy atom. The van der Waals surface area contributed by atoms with Crippen LogP contribution in [-0.4, -0.2) is 53.1 Å². The van der Waals surface area contributed by atoms with Crippen LogP contribution in [0.4, 0.5) is 0 Å². The molecule has 4 rings (SSSR count). The molecule has 1 aromatic rings. The third-order valence-electron chi connectivity index (χ3n) is 5.60. The highest BCUT2D eigenvalue weighted by molar-refractivity contribution is 5.97. The normalized spacial score (nSPS) is 33.4. The molecule has 25 heavy (non-hydrogen) atoms. The van der Waals surface area contributed by atoms with Gasteiger partial charge in [0.05, 0.1) is 6.42 Å². The molecular weight excluding hydrogens is 322 g/mol. The van der Waals surface area contributed by atoms with E-state index in [1.165, 1.54) is 4.90 Å². The Labute approximate surface area is 145 Å². The van der Waals surface area contributed by atoms with Crippen LogP contribution in [0.25, 0.3) is 4.85 Å². The molecule has 7 nitrogen and oxygen atoms in total. The second kappa shape index (κ2) is 5.12. The molecule has 3 heterocycles. The van der Waals surface area contributed by atoms with Crippen LogP contribution < -0.4 is 9.47 Å². The van der Waals surface area contributed by atoms with E-state index >= 15 is 0 Å². The van der Waals surface area contributed by atoms with Crippen LogP contribution >= 0.6 is 0 Å². The second-order valence-corrected chi connectivity index (χ2v) is 7.07. The molecule has 0 radical (unpaired) electrons. The number of piperazine rings is 1. The van der Waals surface area contributed by atoms with Crippen LogP contribution in [0.2, 0.25) is 0 Å². The van der Waals surface area contributed by atoms with Crippen molar-refractivity contribution in [3.05, 3.63) is 35.2 Å². The van der Waals surface area contributed by atoms with Gasteiger partial charge in [0.25, 0.3) is 5.54 Å². The van der Waals surface area contributed by atoms with Crippen LogP contribution in [0.3, 0.4) is 0 Å². The Bertz CT molecular complexity index is 817. The van der Waals surface area contributed by atoms with E-state index in [0.717, 1.165) is 5.56 Å². The fourth-order valence-electron chi connectivity index (χ4n) is 4.09. The molecule has 0 aromatic heterocycles. The standard InChI is InChI=1S/C18H19N3O4/c1-10-16(22)21-12(17(23)20(10)4)8-18(2,19-3)15(21)11-5-6-13-14(7-11)25-9-24-13/h5-7,10,12,15H,8-9H2,1-2,4H3/t10-,12?,15-,18-/m0/s1. The molecule has 130 valence electrons. The van der Waals surface area contributed by atoms with E-state index in [4.69, 9.17) is 16.0 Å². The van der Waals surface area contributed by atoms with Crippen molar-refractivity contribution in [1.29, 1.82) is 0 Å². The van der Waals surface area contributed by atoms with E-state index in [9.17, 15) is 9.59 Å². The van der Waals surface area contributed by atoms with Gasteiger partial charge < -0.3 is 24.1 Å². The minimum absolute atomic E-state index is 0.106. The highest BCUT2D eigenvalue weighted by Gasteiger charge is 2.62. The van der Waals surface area contributed by atoms with Gasteiger partial charge in [0.2, 0.25) is 18.6 Å². The van der Waals surface area contributed by atoms with Gasteiger partial charge in [-0.3, -0.25) is 9.59 Å². The van der Waals surface area contributed by atoms with Gasteiger partial charge in [0, 0.05) is 14.0 Å². The fraction of sp³-hybridized carbons (Fsp3) is 0.500. The van der Waals surface area contributed by atoms with Crippen LogP contribution in [0.1, 0.15) is 31.9 Å². The summed E-state index contributed by atoms with van der Waals surface area (Å²) in [6.45, 7) is 11.4. The maximum Gasteiger partial charge on any atom is 0.256 e. The third-order valence-corrected chi connectivity index (χ3v) is 5.60. The highest BCUT2D eigenvalue weighted by atomic mass is 16.7. The minimum Gasteiger partial charge on any atom is -0.454 e. The Kier molecular flexibility index (Phi) is 3.23. The quantitative estimate of drug-likeness (QED) is 0.728. The summed E-state index contributed by atoms with van der Waals surface area (Å²) in [5.41, 5.74) is -0.0719. The number of hydrogen-bond donors (Lipinski definition) is 0. The van der Waals surface area contributed by atoms with Gasteiger partial charge in [0.1, 0.15) is 18.1 Å². The van der Waals surface area contributed by atoms with Gasteiger partial charge in [-0.1, -0.05) is 6.07 Å². The number of rotatable bonds is 1. The average molecular weight is 341 g/mol. The maximum atomic E-state index is 13.0. The van der Waals surface area contributed by atoms with Gasteiger partial charge in [0.15, 0.2) is 11.5 Å². The van der Waals surface area contributed by atoms with Gasteiger partial charge in [-0.25, -0.2) is 6.57 Å². The molecule has 0 spiro atoms. The summed E-state index contributed by atoms with van der Waals surface area (Å²) < 4.78 is 10.8. The SMILES string of the molecule is [C-]#[N+][C@@]1(C)CC2C(=O)N(C)[C@@H](C)C(=O)N2[C@H]1c1ccc2c(c1)OCO2. The molecular formula is C18H19N3O4. The second-order valence-electron chi connectivity index (χ2n) is 7.07. The maximum absolute atomic E-state index is 13.0. The molecule has 0 N–H and O–H groups in total. The summed E-state index contributed by atoms with van der Waals surface area (Å²) in [4.78, 5) is 32.6. The van der Waals surface area contributed by atoms with E-state index in [1.54, 1.807) is 24.9 Å². The molecule has 2 fully saturated rings. The largest absolute Gasteiger partial charge is 0.454 e. The first-order chi connectivity index (χ1) is 11.9. The molecule has 4 atom stereocenters. The minimum atomic E-state index is -0.866. The summed E-state index contributed by atoms with van der Waals surface area (Å²) in [5, 5.41) is 0. The Morgan fingerprint density at radius 3 is 2.68 bits per heavy atom. The Morgan fingerprint density at radius 1 is 1.24 bits per heavy atom. The lowest BCUT2D eigenvalue weighted by Gasteiger charge is -2.41. The lowest BCUT2D eigenvalue weighted by atomic mass is 9.87. The molecule has 2 amide bonds. The summed E-state index contributed by atoms with van der Waals surface area (Å²) in [6.07, 6.45) is 0.331. The predicted octanol–water partition coefficient (Wildman–Crippen LogP) is 1.60. The number of carbonyl (C=O) groups is 2. The molecule has 3 aliphatic heterocycles. The number of benzene rings is 1. The van der Waals surface area contributed by atoms with Crippen LogP contribution in [0, 0.1) is 6.57 Å². The zero-order valence-electron chi connectivity index (χ0n) is 14.4. The molecule has 0 saturated carbocycles. The zero-order chi connectivity index (χ0) is 17.9. The van der Waals surface area contributed by atoms with Crippen molar-refractivity contribution in [1.82, 2.24) is 9.80 Å². The molecule has 1 aromatic carbocycles. The van der Waals surface area contributed by atoms with E-state index in [2.05, 4.69) is 4.85 Å². The van der Waals surface area contributed by atoms with Gasteiger partial charge in [-0.05, 0) is 24.6 Å². The Balaban J connectivity index is 1.83. The average Bonchev–Trinajstić information content (AvgIpc) is 3.20. The summed E-state index contributed by atoms with van der Waals surface area (Å²) in [5.74, 6) is 1.03. The first-order valence-electron chi connectivity index (χ1n) is 8.24. The fourth-order valence-corrected chi connectivity index (χ4v) is 4.09. The molecule has 0 aliphatic carbocycles. The number of fused-ring (bicyclic) bond motifs is 2. The predicted molar refractivity (Wildman–Crippen MR) is 87.8 cm³/mol. The first-order valence-corrected chi connectivity index (χ1v) is 8.24. The molecule has 1 unspecified atom stereocenters. The highest BCUT2D eigenvalue weighted by Crippen LogP contribution is 2.50. The third kappa shape index (κ3) is 2.03. The number of amides is 2. The van der Waals surface area contributed by atoms with Crippen molar-refractivity contribution in [2.24, 2.45) is 0 Å². The molecule has 2 saturated heterocycles. The topological polar surface area (TPSA) is 63.4 Å². The summed E-state index contributed by atoms with van der Waals surface area (Å²) in [6, 6.07) is 3.85. The lowest BCUT2D eigenvalue weighted by Crippen LogP contribution is -2.60. The number of hydrogen-bond acceptors (Lipinski definition) is 4. The van der Waals surface area contributed by atoms with Crippen LogP contribution in [-0.2, 0) is 9.59 Å². The van der Waals surface area contributed by atoms with Gasteiger partial charge in [-0.15, -0.1) is 0 Å². The van der Waals surface area contributed by atoms with E-state index < -0.39 is 23.7 Å². The van der Waals surface area contributed by atoms with E-state index in [0.29, 0.717) is 17.9 Å². The van der Waals surface area contributed by atoms with Crippen molar-refractivity contribution in [2.75, 3.05) is 13.8 Å². The van der Waals surface area contributed by atoms with Crippen LogP contribution in [0.5, 0.6) is 11.5 Å². The summed E-state index contributed by atoms with van der Waals surface area (Å²) >= 11 is 0. The first kappa shape index (κ1) is 15.8. The van der Waals surface area contributed by atoms with E-state index in [-0.39, 0.29) is 18.6 Å². The van der Waals surface area contributed by atoms with Crippen molar-refractivity contribution in [3.8, 4) is 11.5 Å². The number of ether oxygens (including phenoxy) is 2. The van der Waals surface area contributed by atoms with Crippen molar-refractivity contribution in [2.45, 2.75) is 43.9 Å². The Hall–Kier alpha value is -2.75. The summed E-state index contributed by atoms with van der Waals surface area (Å²) in [7, 11) is 1.64. The molecule has 0 bridgehead atoms. The molecule has 7 heteroatoms. The van der Waals surface area contributed by atoms with Crippen molar-refractivity contribution < 1.29 is 19.1 Å². The monoisotopic (exact) mass is 341 g/mol. The van der Waals surface area contributed by atoms with Gasteiger partial charge in [-0.2, -0.15) is 0 Å². The van der Waals surface area contributed by atoms with E-state index in [1.807, 2.05) is 19.1 Å². The smallest absolute Gasteiger partial charge is 0.256 e. The number of nitrogens with zero attached hydrogens (tertiary/aromatic N) is 3.